The summed E-state index contributed by atoms with van der Waals surface area (Å²) in [5.74, 6) is -0.730. The first kappa shape index (κ1) is 34.4. The first-order valence-electron chi connectivity index (χ1n) is 12.6. The van der Waals surface area contributed by atoms with Crippen molar-refractivity contribution in [1.29, 1.82) is 0 Å². The number of hydrogen-bond acceptors (Lipinski definition) is 14. The van der Waals surface area contributed by atoms with Crippen LogP contribution in [0.2, 0.25) is 0 Å². The predicted molar refractivity (Wildman–Crippen MR) is 168 cm³/mol. The van der Waals surface area contributed by atoms with Crippen molar-refractivity contribution in [3.8, 4) is 5.75 Å². The van der Waals surface area contributed by atoms with Gasteiger partial charge in [-0.2, -0.15) is 33.7 Å². The molecule has 250 valence electrons. The van der Waals surface area contributed by atoms with E-state index in [4.69, 9.17) is 5.73 Å². The molecule has 0 radical (unpaired) electrons. The van der Waals surface area contributed by atoms with Crippen LogP contribution in [-0.2, 0) is 40.5 Å². The summed E-state index contributed by atoms with van der Waals surface area (Å²) in [5, 5.41) is 26.3. The van der Waals surface area contributed by atoms with Crippen molar-refractivity contribution in [2.24, 2.45) is 20.5 Å². The highest BCUT2D eigenvalue weighted by atomic mass is 32.2. The smallest absolute Gasteiger partial charge is 0.296 e. The van der Waals surface area contributed by atoms with Crippen LogP contribution in [0.3, 0.4) is 0 Å². The second-order valence-corrected chi connectivity index (χ2v) is 15.4. The van der Waals surface area contributed by atoms with Gasteiger partial charge in [0.1, 0.15) is 21.2 Å². The molecule has 48 heavy (non-hydrogen) atoms. The fourth-order valence-electron chi connectivity index (χ4n) is 4.45. The molecule has 0 spiro atoms. The second-order valence-electron chi connectivity index (χ2n) is 9.79. The normalized spacial score (nSPS) is 13.2. The molecule has 0 heterocycles. The van der Waals surface area contributed by atoms with Crippen LogP contribution in [0.1, 0.15) is 0 Å². The van der Waals surface area contributed by atoms with Crippen LogP contribution in [0.5, 0.6) is 5.75 Å². The van der Waals surface area contributed by atoms with Gasteiger partial charge in [0.05, 0.1) is 21.2 Å². The number of phenolic OH excluding ortho intramolecular Hbond substituents is 1. The number of phenols is 1. The Hall–Kier alpha value is -4.94. The number of aromatic hydroxyl groups is 1. The maximum atomic E-state index is 12.2. The van der Waals surface area contributed by atoms with E-state index in [1.165, 1.54) is 24.3 Å². The lowest BCUT2D eigenvalue weighted by Gasteiger charge is -2.10. The maximum absolute atomic E-state index is 12.2. The van der Waals surface area contributed by atoms with E-state index in [1.807, 2.05) is 0 Å². The zero-order valence-corrected chi connectivity index (χ0v) is 26.7. The van der Waals surface area contributed by atoms with Crippen molar-refractivity contribution in [2.45, 2.75) is 19.6 Å². The van der Waals surface area contributed by atoms with Gasteiger partial charge in [-0.25, -0.2) is 0 Å². The van der Waals surface area contributed by atoms with E-state index in [0.717, 1.165) is 30.3 Å². The molecule has 0 unspecified atom stereocenters. The molecule has 0 fully saturated rings. The third kappa shape index (κ3) is 6.99. The number of fused-ring (bicyclic) bond motifs is 2. The Balaban J connectivity index is 1.73. The van der Waals surface area contributed by atoms with Crippen molar-refractivity contribution in [1.82, 2.24) is 0 Å². The molecule has 0 aliphatic heterocycles. The minimum Gasteiger partial charge on any atom is -0.505 e. The fraction of sp³-hybridized carbons (Fsp3) is 0. The van der Waals surface area contributed by atoms with Gasteiger partial charge in [-0.05, 0) is 66.0 Å². The fourth-order valence-corrected chi connectivity index (χ4v) is 6.72. The summed E-state index contributed by atoms with van der Waals surface area (Å²) in [4.78, 5) is -3.14. The number of rotatable bonds is 8. The molecule has 0 bridgehead atoms. The Bertz CT molecular complexity index is 2700. The minimum absolute atomic E-state index is 0.00690. The SMILES string of the molecule is Nc1ccc2cc(S(=O)(=O)O)c(N=Nc3ccc(N=Nc4cc(S(=O)(=O)O)ccc4S(=O)(=O)O)c4ccc(S(=O)(=O)O)cc34)c(O)c2c1. The molecule has 0 saturated heterocycles. The summed E-state index contributed by atoms with van der Waals surface area (Å²) >= 11 is 0. The van der Waals surface area contributed by atoms with Crippen molar-refractivity contribution in [3.05, 3.63) is 72.8 Å². The topological polar surface area (TPSA) is 313 Å². The summed E-state index contributed by atoms with van der Waals surface area (Å²) in [6, 6.07) is 12.4. The summed E-state index contributed by atoms with van der Waals surface area (Å²) in [6.07, 6.45) is 0. The lowest BCUT2D eigenvalue weighted by atomic mass is 10.1. The summed E-state index contributed by atoms with van der Waals surface area (Å²) in [6.45, 7) is 0. The standard InChI is InChI=1S/C26H19N5O13S4/c27-14-2-1-13-9-24(48(42,43)44)25(26(32)18(13)10-14)31-29-21-7-6-20(17-5-3-15(11-19(17)21)45(33,34)35)28-30-22-12-16(46(36,37)38)4-8-23(22)47(39,40)41/h1-12,32H,27H2,(H,33,34,35)(H,36,37,38)(H,39,40,41)(H,42,43,44). The average Bonchev–Trinajstić information content (AvgIpc) is 2.97. The van der Waals surface area contributed by atoms with E-state index in [0.29, 0.717) is 18.2 Å². The Morgan fingerprint density at radius 2 is 1.02 bits per heavy atom. The zero-order valence-electron chi connectivity index (χ0n) is 23.4. The Labute approximate surface area is 270 Å². The number of hydrogen-bond donors (Lipinski definition) is 6. The van der Waals surface area contributed by atoms with Crippen LogP contribution < -0.4 is 5.73 Å². The summed E-state index contributed by atoms with van der Waals surface area (Å²) in [7, 11) is -19.6. The Kier molecular flexibility index (Phi) is 8.56. The molecule has 5 rings (SSSR count). The van der Waals surface area contributed by atoms with Crippen LogP contribution >= 0.6 is 0 Å². The van der Waals surface area contributed by atoms with Crippen LogP contribution in [0.25, 0.3) is 21.5 Å². The number of nitrogens with two attached hydrogens (primary N) is 1. The highest BCUT2D eigenvalue weighted by molar-refractivity contribution is 7.86. The largest absolute Gasteiger partial charge is 0.505 e. The van der Waals surface area contributed by atoms with E-state index in [1.54, 1.807) is 0 Å². The molecule has 0 aliphatic carbocycles. The minimum atomic E-state index is -5.00. The third-order valence-electron chi connectivity index (χ3n) is 6.62. The number of nitrogen functional groups attached to an aromatic ring is 1. The molecule has 0 amide bonds. The Morgan fingerprint density at radius 1 is 0.479 bits per heavy atom. The maximum Gasteiger partial charge on any atom is 0.296 e. The van der Waals surface area contributed by atoms with Gasteiger partial charge < -0.3 is 10.8 Å². The lowest BCUT2D eigenvalue weighted by molar-refractivity contribution is 0.472. The van der Waals surface area contributed by atoms with Crippen LogP contribution in [-0.4, -0.2) is 57.0 Å². The van der Waals surface area contributed by atoms with E-state index in [9.17, 15) is 57.0 Å². The van der Waals surface area contributed by atoms with E-state index in [2.05, 4.69) is 20.5 Å². The van der Waals surface area contributed by atoms with E-state index >= 15 is 0 Å². The molecule has 0 aliphatic rings. The van der Waals surface area contributed by atoms with E-state index < -0.39 is 77.2 Å². The van der Waals surface area contributed by atoms with Crippen molar-refractivity contribution >= 4 is 90.5 Å². The molecule has 0 saturated carbocycles. The van der Waals surface area contributed by atoms with Gasteiger partial charge in [0.25, 0.3) is 40.5 Å². The van der Waals surface area contributed by atoms with Gasteiger partial charge in [0.2, 0.25) is 0 Å². The predicted octanol–water partition coefficient (Wildman–Crippen LogP) is 5.10. The van der Waals surface area contributed by atoms with Gasteiger partial charge in [0.15, 0.2) is 5.75 Å². The molecule has 18 nitrogen and oxygen atoms in total. The third-order valence-corrected chi connectivity index (χ3v) is 10.1. The van der Waals surface area contributed by atoms with E-state index in [-0.39, 0.29) is 38.6 Å². The average molecular weight is 738 g/mol. The van der Waals surface area contributed by atoms with Crippen molar-refractivity contribution in [3.63, 3.8) is 0 Å². The second kappa shape index (κ2) is 11.9. The number of anilines is 1. The molecular weight excluding hydrogens is 719 g/mol. The van der Waals surface area contributed by atoms with Crippen LogP contribution in [0.4, 0.5) is 28.4 Å². The van der Waals surface area contributed by atoms with Crippen molar-refractivity contribution in [2.75, 3.05) is 5.73 Å². The van der Waals surface area contributed by atoms with Crippen LogP contribution in [0, 0.1) is 0 Å². The molecule has 7 N–H and O–H groups in total. The zero-order chi connectivity index (χ0) is 35.4. The quantitative estimate of drug-likeness (QED) is 0.0686. The lowest BCUT2D eigenvalue weighted by Crippen LogP contribution is -2.02. The first-order chi connectivity index (χ1) is 22.1. The molecule has 0 atom stereocenters. The van der Waals surface area contributed by atoms with Gasteiger partial charge >= 0.3 is 0 Å². The summed E-state index contributed by atoms with van der Waals surface area (Å²) in [5.41, 5.74) is 4.18. The van der Waals surface area contributed by atoms with Crippen LogP contribution in [0.15, 0.2) is 113 Å². The molecular formula is C26H19N5O13S4. The van der Waals surface area contributed by atoms with Gasteiger partial charge in [-0.3, -0.25) is 18.2 Å². The molecule has 22 heteroatoms. The number of nitrogens with zero attached hydrogens (tertiary/aromatic N) is 4. The van der Waals surface area contributed by atoms with Crippen molar-refractivity contribution < 1.29 is 57.0 Å². The number of azo groups is 2. The summed E-state index contributed by atoms with van der Waals surface area (Å²) < 4.78 is 134. The molecule has 0 aromatic heterocycles. The monoisotopic (exact) mass is 737 g/mol. The molecule has 5 aromatic rings. The first-order valence-corrected chi connectivity index (χ1v) is 18.4. The molecule has 5 aromatic carbocycles. The van der Waals surface area contributed by atoms with Gasteiger partial charge in [-0.1, -0.05) is 12.1 Å². The van der Waals surface area contributed by atoms with Gasteiger partial charge in [0, 0.05) is 21.8 Å². The highest BCUT2D eigenvalue weighted by Crippen LogP contribution is 2.43. The highest BCUT2D eigenvalue weighted by Gasteiger charge is 2.23. The Morgan fingerprint density at radius 3 is 1.62 bits per heavy atom. The van der Waals surface area contributed by atoms with Gasteiger partial charge in [-0.15, -0.1) is 20.5 Å². The number of benzene rings is 5.